The van der Waals surface area contributed by atoms with Gasteiger partial charge in [-0.1, -0.05) is 12.1 Å². The highest BCUT2D eigenvalue weighted by Crippen LogP contribution is 2.34. The van der Waals surface area contributed by atoms with E-state index in [4.69, 9.17) is 5.11 Å². The summed E-state index contributed by atoms with van der Waals surface area (Å²) in [7, 11) is 0. The predicted octanol–water partition coefficient (Wildman–Crippen LogP) is 3.36. The lowest BCUT2D eigenvalue weighted by Gasteiger charge is -2.30. The Balaban J connectivity index is 1.75. The van der Waals surface area contributed by atoms with Crippen molar-refractivity contribution in [1.82, 2.24) is 10.3 Å². The van der Waals surface area contributed by atoms with E-state index in [1.54, 1.807) is 23.5 Å². The van der Waals surface area contributed by atoms with Crippen molar-refractivity contribution in [3.05, 3.63) is 51.5 Å². The third kappa shape index (κ3) is 3.14. The van der Waals surface area contributed by atoms with Crippen LogP contribution in [0.1, 0.15) is 51.4 Å². The van der Waals surface area contributed by atoms with Crippen LogP contribution < -0.4 is 5.32 Å². The molecule has 2 N–H and O–H groups in total. The zero-order valence-electron chi connectivity index (χ0n) is 11.9. The molecule has 0 aliphatic carbocycles. The average Bonchev–Trinajstić information content (AvgIpc) is 2.94. The molecule has 0 bridgehead atoms. The first-order valence-electron chi connectivity index (χ1n) is 7.12. The fourth-order valence-corrected chi connectivity index (χ4v) is 3.56. The van der Waals surface area contributed by atoms with Crippen LogP contribution in [0, 0.1) is 6.92 Å². The monoisotopic (exact) mass is 302 g/mol. The lowest BCUT2D eigenvalue weighted by atomic mass is 9.87. The summed E-state index contributed by atoms with van der Waals surface area (Å²) in [5.74, 6) is -0.394. The molecule has 0 saturated carbocycles. The van der Waals surface area contributed by atoms with Crippen LogP contribution in [0.5, 0.6) is 0 Å². The number of carboxylic acid groups (broad SMARTS) is 1. The second-order valence-electron chi connectivity index (χ2n) is 5.45. The highest BCUT2D eigenvalue weighted by molar-refractivity contribution is 7.09. The number of hydrogen-bond donors (Lipinski definition) is 2. The number of carbonyl (C=O) groups is 1. The first-order chi connectivity index (χ1) is 10.1. The number of hydrogen-bond acceptors (Lipinski definition) is 4. The number of aromatic nitrogens is 1. The Hall–Kier alpha value is -1.72. The van der Waals surface area contributed by atoms with Gasteiger partial charge in [-0.25, -0.2) is 9.78 Å². The van der Waals surface area contributed by atoms with Crippen molar-refractivity contribution in [3.63, 3.8) is 0 Å². The van der Waals surface area contributed by atoms with Crippen LogP contribution in [0.15, 0.2) is 29.6 Å². The van der Waals surface area contributed by atoms with Crippen LogP contribution in [0.3, 0.4) is 0 Å². The molecule has 1 aromatic carbocycles. The Bertz CT molecular complexity index is 636. The number of carboxylic acids is 1. The van der Waals surface area contributed by atoms with E-state index in [-0.39, 0.29) is 6.04 Å². The third-order valence-corrected chi connectivity index (χ3v) is 4.81. The van der Waals surface area contributed by atoms with Crippen molar-refractivity contribution in [2.45, 2.75) is 31.7 Å². The van der Waals surface area contributed by atoms with Gasteiger partial charge < -0.3 is 10.4 Å². The van der Waals surface area contributed by atoms with Gasteiger partial charge in [0.15, 0.2) is 0 Å². The summed E-state index contributed by atoms with van der Waals surface area (Å²) in [6.07, 6.45) is 2.11. The molecule has 2 atom stereocenters. The molecule has 21 heavy (non-hydrogen) atoms. The largest absolute Gasteiger partial charge is 0.478 e. The van der Waals surface area contributed by atoms with Gasteiger partial charge in [-0.3, -0.25) is 0 Å². The van der Waals surface area contributed by atoms with E-state index in [2.05, 4.69) is 15.7 Å². The number of rotatable bonds is 3. The van der Waals surface area contributed by atoms with Crippen molar-refractivity contribution < 1.29 is 9.90 Å². The number of piperidine rings is 1. The van der Waals surface area contributed by atoms with Gasteiger partial charge in [0.05, 0.1) is 16.3 Å². The predicted molar refractivity (Wildman–Crippen MR) is 83.0 cm³/mol. The lowest BCUT2D eigenvalue weighted by molar-refractivity contribution is 0.0697. The Morgan fingerprint density at radius 2 is 2.14 bits per heavy atom. The summed E-state index contributed by atoms with van der Waals surface area (Å²) in [5.41, 5.74) is 2.68. The van der Waals surface area contributed by atoms with Crippen molar-refractivity contribution >= 4 is 17.3 Å². The highest BCUT2D eigenvalue weighted by atomic mass is 32.1. The second kappa shape index (κ2) is 5.95. The molecule has 5 heteroatoms. The molecule has 2 aromatic rings. The maximum absolute atomic E-state index is 10.9. The summed E-state index contributed by atoms with van der Waals surface area (Å²) in [4.78, 5) is 15.5. The summed E-state index contributed by atoms with van der Waals surface area (Å²) in [6.45, 7) is 3.00. The molecule has 3 rings (SSSR count). The van der Waals surface area contributed by atoms with Gasteiger partial charge in [-0.2, -0.15) is 0 Å². The molecule has 0 spiro atoms. The molecule has 1 aromatic heterocycles. The number of nitrogens with zero attached hydrogens (tertiary/aromatic N) is 1. The van der Waals surface area contributed by atoms with Crippen LogP contribution >= 0.6 is 11.3 Å². The molecular weight excluding hydrogens is 284 g/mol. The van der Waals surface area contributed by atoms with Crippen molar-refractivity contribution in [3.8, 4) is 0 Å². The molecule has 1 aliphatic heterocycles. The standard InChI is InChI=1S/C16H18N2O2S/c1-10-18-15(9-21-10)13-6-7-17-14(8-13)11-2-4-12(5-3-11)16(19)20/h2-5,9,13-14,17H,6-8H2,1H3,(H,19,20)/t13?,14-/m0/s1. The SMILES string of the molecule is Cc1nc(C2CCN[C@H](c3ccc(C(=O)O)cc3)C2)cs1. The van der Waals surface area contributed by atoms with Gasteiger partial charge in [0, 0.05) is 17.3 Å². The van der Waals surface area contributed by atoms with Gasteiger partial charge in [0.2, 0.25) is 0 Å². The Morgan fingerprint density at radius 1 is 1.38 bits per heavy atom. The number of thiazole rings is 1. The Kier molecular flexibility index (Phi) is 4.03. The van der Waals surface area contributed by atoms with Crippen LogP contribution in [-0.2, 0) is 0 Å². The molecule has 1 fully saturated rings. The van der Waals surface area contributed by atoms with E-state index < -0.39 is 5.97 Å². The van der Waals surface area contributed by atoms with E-state index in [1.165, 1.54) is 5.69 Å². The van der Waals surface area contributed by atoms with E-state index in [1.807, 2.05) is 19.1 Å². The van der Waals surface area contributed by atoms with Crippen molar-refractivity contribution in [1.29, 1.82) is 0 Å². The van der Waals surface area contributed by atoms with E-state index in [0.29, 0.717) is 11.5 Å². The van der Waals surface area contributed by atoms with Crippen LogP contribution in [0.4, 0.5) is 0 Å². The fraction of sp³-hybridized carbons (Fsp3) is 0.375. The minimum absolute atomic E-state index is 0.272. The van der Waals surface area contributed by atoms with Crippen LogP contribution in [0.25, 0.3) is 0 Å². The molecule has 1 unspecified atom stereocenters. The summed E-state index contributed by atoms with van der Waals surface area (Å²) in [6, 6.07) is 7.45. The number of aromatic carboxylic acids is 1. The number of nitrogens with one attached hydrogen (secondary N) is 1. The smallest absolute Gasteiger partial charge is 0.335 e. The summed E-state index contributed by atoms with van der Waals surface area (Å²) in [5, 5.41) is 15.8. The van der Waals surface area contributed by atoms with E-state index in [0.717, 1.165) is 30.0 Å². The molecule has 110 valence electrons. The lowest BCUT2D eigenvalue weighted by Crippen LogP contribution is -2.31. The molecule has 0 amide bonds. The minimum atomic E-state index is -0.881. The number of benzene rings is 1. The topological polar surface area (TPSA) is 62.2 Å². The molecule has 1 saturated heterocycles. The zero-order chi connectivity index (χ0) is 14.8. The molecule has 1 aliphatic rings. The van der Waals surface area contributed by atoms with Crippen LogP contribution in [0.2, 0.25) is 0 Å². The van der Waals surface area contributed by atoms with Gasteiger partial charge in [0.25, 0.3) is 0 Å². The maximum Gasteiger partial charge on any atom is 0.335 e. The summed E-state index contributed by atoms with van der Waals surface area (Å²) >= 11 is 1.70. The fourth-order valence-electron chi connectivity index (χ4n) is 2.87. The number of aryl methyl sites for hydroxylation is 1. The van der Waals surface area contributed by atoms with E-state index in [9.17, 15) is 4.79 Å². The summed E-state index contributed by atoms with van der Waals surface area (Å²) < 4.78 is 0. The minimum Gasteiger partial charge on any atom is -0.478 e. The molecule has 0 radical (unpaired) electrons. The van der Waals surface area contributed by atoms with Crippen molar-refractivity contribution in [2.75, 3.05) is 6.54 Å². The van der Waals surface area contributed by atoms with Gasteiger partial charge in [-0.05, 0) is 44.0 Å². The maximum atomic E-state index is 10.9. The van der Waals surface area contributed by atoms with Gasteiger partial charge >= 0.3 is 5.97 Å². The second-order valence-corrected chi connectivity index (χ2v) is 6.51. The Labute approximate surface area is 127 Å². The quantitative estimate of drug-likeness (QED) is 0.912. The molecular formula is C16H18N2O2S. The van der Waals surface area contributed by atoms with Crippen molar-refractivity contribution in [2.24, 2.45) is 0 Å². The molecule has 2 heterocycles. The zero-order valence-corrected chi connectivity index (χ0v) is 12.7. The van der Waals surface area contributed by atoms with E-state index >= 15 is 0 Å². The highest BCUT2D eigenvalue weighted by Gasteiger charge is 2.25. The van der Waals surface area contributed by atoms with Crippen LogP contribution in [-0.4, -0.2) is 22.6 Å². The average molecular weight is 302 g/mol. The first kappa shape index (κ1) is 14.2. The third-order valence-electron chi connectivity index (χ3n) is 4.02. The normalized spacial score (nSPS) is 22.1. The Morgan fingerprint density at radius 3 is 2.76 bits per heavy atom. The van der Waals surface area contributed by atoms with Gasteiger partial charge in [0.1, 0.15) is 0 Å². The van der Waals surface area contributed by atoms with Gasteiger partial charge in [-0.15, -0.1) is 11.3 Å². The first-order valence-corrected chi connectivity index (χ1v) is 8.00. The molecule has 4 nitrogen and oxygen atoms in total.